The molecular weight excluding hydrogens is 188 g/mol. The average molecular weight is 208 g/mol. The smallest absolute Gasteiger partial charge is 0.217 e. The van der Waals surface area contributed by atoms with Gasteiger partial charge in [0.05, 0.1) is 7.11 Å². The van der Waals surface area contributed by atoms with Crippen molar-refractivity contribution >= 4 is 0 Å². The molecule has 0 aromatic carbocycles. The molecule has 84 valence electrons. The van der Waals surface area contributed by atoms with Gasteiger partial charge in [-0.2, -0.15) is 0 Å². The topological polar surface area (TPSA) is 34.2 Å². The van der Waals surface area contributed by atoms with E-state index in [4.69, 9.17) is 4.74 Å². The van der Waals surface area contributed by atoms with E-state index < -0.39 is 0 Å². The maximum Gasteiger partial charge on any atom is 0.217 e. The lowest BCUT2D eigenvalue weighted by molar-refractivity contribution is 0.389. The lowest BCUT2D eigenvalue weighted by atomic mass is 10.1. The van der Waals surface area contributed by atoms with Gasteiger partial charge in [0, 0.05) is 18.3 Å². The zero-order valence-corrected chi connectivity index (χ0v) is 9.79. The van der Waals surface area contributed by atoms with E-state index >= 15 is 0 Å². The van der Waals surface area contributed by atoms with Gasteiger partial charge in [0.2, 0.25) is 5.88 Å². The second kappa shape index (κ2) is 6.40. The third kappa shape index (κ3) is 3.88. The van der Waals surface area contributed by atoms with Crippen molar-refractivity contribution in [2.45, 2.75) is 26.8 Å². The summed E-state index contributed by atoms with van der Waals surface area (Å²) in [4.78, 5) is 4.15. The molecule has 0 radical (unpaired) electrons. The van der Waals surface area contributed by atoms with Crippen LogP contribution in [0.2, 0.25) is 0 Å². The van der Waals surface area contributed by atoms with Crippen molar-refractivity contribution in [2.24, 2.45) is 5.92 Å². The number of methoxy groups -OCH3 is 1. The van der Waals surface area contributed by atoms with Crippen LogP contribution in [0.4, 0.5) is 0 Å². The molecule has 0 fully saturated rings. The van der Waals surface area contributed by atoms with E-state index in [2.05, 4.69) is 24.1 Å². The van der Waals surface area contributed by atoms with Crippen molar-refractivity contribution in [3.8, 4) is 5.88 Å². The monoisotopic (exact) mass is 208 g/mol. The lowest BCUT2D eigenvalue weighted by Crippen LogP contribution is -2.20. The number of rotatable bonds is 6. The van der Waals surface area contributed by atoms with Crippen LogP contribution in [0.25, 0.3) is 0 Å². The molecule has 3 nitrogen and oxygen atoms in total. The first kappa shape index (κ1) is 12.0. The van der Waals surface area contributed by atoms with Gasteiger partial charge < -0.3 is 10.1 Å². The Balaban J connectivity index is 2.43. The highest BCUT2D eigenvalue weighted by Crippen LogP contribution is 2.12. The minimum atomic E-state index is 0.715. The van der Waals surface area contributed by atoms with Crippen LogP contribution in [0.5, 0.6) is 5.88 Å². The molecule has 0 bridgehead atoms. The molecule has 3 heteroatoms. The number of ether oxygens (including phenoxy) is 1. The Bertz CT molecular complexity index is 289. The Morgan fingerprint density at radius 2 is 2.33 bits per heavy atom. The summed E-state index contributed by atoms with van der Waals surface area (Å²) in [6, 6.07) is 3.97. The Morgan fingerprint density at radius 3 is 3.00 bits per heavy atom. The predicted octanol–water partition coefficient (Wildman–Crippen LogP) is 2.23. The molecule has 0 aliphatic heterocycles. The number of hydrogen-bond acceptors (Lipinski definition) is 3. The molecule has 0 amide bonds. The van der Waals surface area contributed by atoms with E-state index in [1.165, 1.54) is 6.42 Å². The summed E-state index contributed by atoms with van der Waals surface area (Å²) in [5, 5.41) is 3.41. The number of aromatic nitrogens is 1. The normalized spacial score (nSPS) is 12.5. The standard InChI is InChI=1S/C12H20N2O/c1-4-10(2)8-13-9-11-6-5-7-14-12(11)15-3/h5-7,10,13H,4,8-9H2,1-3H3/t10-/m1/s1. The zero-order chi connectivity index (χ0) is 11.1. The zero-order valence-electron chi connectivity index (χ0n) is 9.79. The highest BCUT2D eigenvalue weighted by atomic mass is 16.5. The van der Waals surface area contributed by atoms with Crippen molar-refractivity contribution in [3.05, 3.63) is 23.9 Å². The average Bonchev–Trinajstić information content (AvgIpc) is 2.29. The number of hydrogen-bond donors (Lipinski definition) is 1. The molecule has 0 saturated carbocycles. The Hall–Kier alpha value is -1.09. The lowest BCUT2D eigenvalue weighted by Gasteiger charge is -2.11. The van der Waals surface area contributed by atoms with Gasteiger partial charge in [-0.15, -0.1) is 0 Å². The summed E-state index contributed by atoms with van der Waals surface area (Å²) in [5.41, 5.74) is 1.11. The van der Waals surface area contributed by atoms with Gasteiger partial charge in [-0.3, -0.25) is 0 Å². The van der Waals surface area contributed by atoms with Crippen LogP contribution in [-0.2, 0) is 6.54 Å². The molecule has 0 aliphatic rings. The van der Waals surface area contributed by atoms with E-state index in [1.54, 1.807) is 13.3 Å². The molecule has 1 rings (SSSR count). The third-order valence-corrected chi connectivity index (χ3v) is 2.55. The van der Waals surface area contributed by atoms with Gasteiger partial charge in [-0.05, 0) is 18.5 Å². The molecule has 0 saturated heterocycles. The summed E-state index contributed by atoms with van der Waals surface area (Å²) in [6.45, 7) is 6.31. The molecule has 0 unspecified atom stereocenters. The highest BCUT2D eigenvalue weighted by molar-refractivity contribution is 5.24. The second-order valence-electron chi connectivity index (χ2n) is 3.82. The van der Waals surface area contributed by atoms with E-state index in [0.717, 1.165) is 18.7 Å². The molecule has 0 aliphatic carbocycles. The van der Waals surface area contributed by atoms with Crippen molar-refractivity contribution in [1.29, 1.82) is 0 Å². The first-order chi connectivity index (χ1) is 7.27. The Kier molecular flexibility index (Phi) is 5.12. The number of nitrogens with zero attached hydrogens (tertiary/aromatic N) is 1. The maximum atomic E-state index is 5.18. The Labute approximate surface area is 91.9 Å². The third-order valence-electron chi connectivity index (χ3n) is 2.55. The van der Waals surface area contributed by atoms with Crippen LogP contribution in [0.1, 0.15) is 25.8 Å². The van der Waals surface area contributed by atoms with Crippen molar-refractivity contribution < 1.29 is 4.74 Å². The van der Waals surface area contributed by atoms with Crippen molar-refractivity contribution in [2.75, 3.05) is 13.7 Å². The summed E-state index contributed by atoms with van der Waals surface area (Å²) in [5.74, 6) is 1.43. The predicted molar refractivity (Wildman–Crippen MR) is 62.0 cm³/mol. The van der Waals surface area contributed by atoms with Crippen LogP contribution < -0.4 is 10.1 Å². The van der Waals surface area contributed by atoms with Crippen LogP contribution in [-0.4, -0.2) is 18.6 Å². The van der Waals surface area contributed by atoms with Crippen LogP contribution in [0.15, 0.2) is 18.3 Å². The van der Waals surface area contributed by atoms with Crippen LogP contribution in [0.3, 0.4) is 0 Å². The molecule has 0 spiro atoms. The van der Waals surface area contributed by atoms with Gasteiger partial charge in [0.25, 0.3) is 0 Å². The highest BCUT2D eigenvalue weighted by Gasteiger charge is 2.03. The quantitative estimate of drug-likeness (QED) is 0.778. The molecule has 1 N–H and O–H groups in total. The second-order valence-corrected chi connectivity index (χ2v) is 3.82. The first-order valence-electron chi connectivity index (χ1n) is 5.46. The van der Waals surface area contributed by atoms with Gasteiger partial charge in [-0.1, -0.05) is 26.3 Å². The summed E-state index contributed by atoms with van der Waals surface area (Å²) < 4.78 is 5.18. The molecule has 15 heavy (non-hydrogen) atoms. The minimum Gasteiger partial charge on any atom is -0.481 e. The minimum absolute atomic E-state index is 0.715. The van der Waals surface area contributed by atoms with E-state index in [9.17, 15) is 0 Å². The van der Waals surface area contributed by atoms with Crippen molar-refractivity contribution in [1.82, 2.24) is 10.3 Å². The van der Waals surface area contributed by atoms with Gasteiger partial charge in [0.1, 0.15) is 0 Å². The molecule has 1 aromatic heterocycles. The van der Waals surface area contributed by atoms with E-state index in [0.29, 0.717) is 11.8 Å². The van der Waals surface area contributed by atoms with Gasteiger partial charge >= 0.3 is 0 Å². The SMILES string of the molecule is CC[C@@H](C)CNCc1cccnc1OC. The summed E-state index contributed by atoms with van der Waals surface area (Å²) >= 11 is 0. The van der Waals surface area contributed by atoms with Crippen LogP contribution in [0, 0.1) is 5.92 Å². The molecular formula is C12H20N2O. The first-order valence-corrected chi connectivity index (χ1v) is 5.46. The fourth-order valence-corrected chi connectivity index (χ4v) is 1.34. The fourth-order valence-electron chi connectivity index (χ4n) is 1.34. The van der Waals surface area contributed by atoms with E-state index in [-0.39, 0.29) is 0 Å². The molecule has 1 atom stereocenters. The number of pyridine rings is 1. The summed E-state index contributed by atoms with van der Waals surface area (Å²) in [6.07, 6.45) is 2.95. The van der Waals surface area contributed by atoms with Crippen molar-refractivity contribution in [3.63, 3.8) is 0 Å². The molecule has 1 heterocycles. The molecule has 1 aromatic rings. The summed E-state index contributed by atoms with van der Waals surface area (Å²) in [7, 11) is 1.65. The maximum absolute atomic E-state index is 5.18. The van der Waals surface area contributed by atoms with Gasteiger partial charge in [-0.25, -0.2) is 4.98 Å². The van der Waals surface area contributed by atoms with E-state index in [1.807, 2.05) is 12.1 Å². The number of nitrogens with one attached hydrogen (secondary N) is 1. The largest absolute Gasteiger partial charge is 0.481 e. The van der Waals surface area contributed by atoms with Gasteiger partial charge in [0.15, 0.2) is 0 Å². The fraction of sp³-hybridized carbons (Fsp3) is 0.583. The van der Waals surface area contributed by atoms with Crippen LogP contribution >= 0.6 is 0 Å². The Morgan fingerprint density at radius 1 is 1.53 bits per heavy atom.